The molecule has 4 nitrogen and oxygen atoms in total. The summed E-state index contributed by atoms with van der Waals surface area (Å²) in [5, 5.41) is 2.83. The van der Waals surface area contributed by atoms with E-state index in [0.29, 0.717) is 5.56 Å². The number of carbonyl (C=O) groups excluding carboxylic acids is 1. The van der Waals surface area contributed by atoms with Gasteiger partial charge in [0, 0.05) is 23.5 Å². The topological polar surface area (TPSA) is 51.2 Å². The minimum atomic E-state index is -0.988. The predicted octanol–water partition coefficient (Wildman–Crippen LogP) is 4.32. The largest absolute Gasteiger partial charge is 0.436 e. The summed E-state index contributed by atoms with van der Waals surface area (Å²) in [7, 11) is 0. The maximum Gasteiger partial charge on any atom is 0.408 e. The molecule has 2 atom stereocenters. The number of rotatable bonds is 2. The Bertz CT molecular complexity index is 1070. The van der Waals surface area contributed by atoms with Crippen molar-refractivity contribution in [1.82, 2.24) is 10.3 Å². The van der Waals surface area contributed by atoms with Gasteiger partial charge in [0.1, 0.15) is 11.9 Å². The molecule has 28 heavy (non-hydrogen) atoms. The van der Waals surface area contributed by atoms with Crippen LogP contribution in [0.25, 0.3) is 0 Å². The summed E-state index contributed by atoms with van der Waals surface area (Å²) in [5.41, 5.74) is 2.10. The lowest BCUT2D eigenvalue weighted by molar-refractivity contribution is 0.0493. The highest BCUT2D eigenvalue weighted by molar-refractivity contribution is 5.72. The third kappa shape index (κ3) is 3.45. The number of hydrogen-bond acceptors (Lipinski definition) is 3. The molecule has 1 aliphatic rings. The summed E-state index contributed by atoms with van der Waals surface area (Å²) in [6.45, 7) is 1.80. The van der Waals surface area contributed by atoms with Crippen molar-refractivity contribution in [1.29, 1.82) is 0 Å². The first-order chi connectivity index (χ1) is 13.5. The van der Waals surface area contributed by atoms with Crippen LogP contribution in [0, 0.1) is 17.7 Å². The lowest BCUT2D eigenvalue weighted by atomic mass is 9.85. The van der Waals surface area contributed by atoms with Crippen LogP contribution in [0.15, 0.2) is 73.1 Å². The zero-order valence-electron chi connectivity index (χ0n) is 15.1. The summed E-state index contributed by atoms with van der Waals surface area (Å²) in [6, 6.07) is 17.0. The molecule has 0 radical (unpaired) electrons. The predicted molar refractivity (Wildman–Crippen MR) is 103 cm³/mol. The number of aromatic nitrogens is 1. The fourth-order valence-corrected chi connectivity index (χ4v) is 3.29. The van der Waals surface area contributed by atoms with Gasteiger partial charge in [-0.25, -0.2) is 9.18 Å². The molecule has 1 fully saturated rings. The van der Waals surface area contributed by atoms with Crippen LogP contribution in [0.1, 0.15) is 35.2 Å². The van der Waals surface area contributed by atoms with Crippen LogP contribution in [0.5, 0.6) is 0 Å². The summed E-state index contributed by atoms with van der Waals surface area (Å²) in [6.07, 6.45) is 2.82. The Kier molecular flexibility index (Phi) is 4.54. The third-order valence-electron chi connectivity index (χ3n) is 4.75. The summed E-state index contributed by atoms with van der Waals surface area (Å²) >= 11 is 0. The molecule has 0 aliphatic carbocycles. The van der Waals surface area contributed by atoms with E-state index >= 15 is 0 Å². The number of benzene rings is 2. The van der Waals surface area contributed by atoms with Crippen molar-refractivity contribution in [2.45, 2.75) is 18.6 Å². The number of ether oxygens (including phenoxy) is 1. The number of halogens is 1. The Hall–Kier alpha value is -3.65. The highest BCUT2D eigenvalue weighted by Gasteiger charge is 2.47. The molecule has 3 aromatic rings. The molecular weight excluding hydrogens is 355 g/mol. The van der Waals surface area contributed by atoms with E-state index in [1.165, 1.54) is 12.1 Å². The van der Waals surface area contributed by atoms with Crippen LogP contribution in [0.3, 0.4) is 0 Å². The van der Waals surface area contributed by atoms with Crippen LogP contribution in [-0.2, 0) is 10.3 Å². The van der Waals surface area contributed by atoms with Crippen LogP contribution in [-0.4, -0.2) is 11.1 Å². The molecule has 1 aromatic heterocycles. The summed E-state index contributed by atoms with van der Waals surface area (Å²) < 4.78 is 18.9. The molecule has 2 aromatic carbocycles. The van der Waals surface area contributed by atoms with Crippen molar-refractivity contribution in [2.24, 2.45) is 0 Å². The maximum absolute atomic E-state index is 13.3. The van der Waals surface area contributed by atoms with Gasteiger partial charge < -0.3 is 10.1 Å². The van der Waals surface area contributed by atoms with E-state index in [0.717, 1.165) is 16.7 Å². The van der Waals surface area contributed by atoms with Crippen LogP contribution in [0.2, 0.25) is 0 Å². The van der Waals surface area contributed by atoms with Crippen molar-refractivity contribution in [2.75, 3.05) is 0 Å². The molecule has 4 rings (SSSR count). The van der Waals surface area contributed by atoms with Crippen LogP contribution >= 0.6 is 0 Å². The first kappa shape index (κ1) is 17.7. The fourth-order valence-electron chi connectivity index (χ4n) is 3.29. The molecule has 0 spiro atoms. The van der Waals surface area contributed by atoms with E-state index in [9.17, 15) is 9.18 Å². The number of carbonyl (C=O) groups is 1. The maximum atomic E-state index is 13.3. The van der Waals surface area contributed by atoms with Crippen LogP contribution in [0.4, 0.5) is 9.18 Å². The Balaban J connectivity index is 1.68. The second-order valence-electron chi connectivity index (χ2n) is 6.70. The number of pyridine rings is 1. The van der Waals surface area contributed by atoms with Gasteiger partial charge in [-0.3, -0.25) is 4.98 Å². The van der Waals surface area contributed by atoms with Gasteiger partial charge in [0.25, 0.3) is 0 Å². The minimum Gasteiger partial charge on any atom is -0.436 e. The van der Waals surface area contributed by atoms with Gasteiger partial charge in [0.15, 0.2) is 5.60 Å². The van der Waals surface area contributed by atoms with Crippen molar-refractivity contribution in [3.05, 3.63) is 101 Å². The molecule has 0 bridgehead atoms. The van der Waals surface area contributed by atoms with E-state index in [4.69, 9.17) is 4.74 Å². The zero-order chi connectivity index (χ0) is 19.6. The van der Waals surface area contributed by atoms with E-state index < -0.39 is 17.7 Å². The number of nitrogens with zero attached hydrogens (tertiary/aromatic N) is 1. The first-order valence-corrected chi connectivity index (χ1v) is 8.82. The minimum absolute atomic E-state index is 0.346. The highest BCUT2D eigenvalue weighted by Crippen LogP contribution is 2.42. The van der Waals surface area contributed by atoms with Gasteiger partial charge >= 0.3 is 6.09 Å². The van der Waals surface area contributed by atoms with E-state index in [2.05, 4.69) is 22.1 Å². The zero-order valence-corrected chi connectivity index (χ0v) is 15.1. The molecule has 1 saturated heterocycles. The monoisotopic (exact) mass is 372 g/mol. The normalized spacial score (nSPS) is 20.6. The molecule has 0 unspecified atom stereocenters. The SMILES string of the molecule is C[C@]1(c2ccc(F)cc2)OC(=O)N[C@H]1c1cncc(C#Cc2ccccc2)c1. The fraction of sp³-hybridized carbons (Fsp3) is 0.130. The van der Waals surface area contributed by atoms with Gasteiger partial charge in [-0.15, -0.1) is 0 Å². The molecule has 1 amide bonds. The summed E-state index contributed by atoms with van der Waals surface area (Å²) in [5.74, 6) is 5.84. The molecule has 0 saturated carbocycles. The standard InChI is InChI=1S/C23H17FN2O2/c1-23(19-9-11-20(24)12-10-19)21(26-22(27)28-23)18-13-17(14-25-15-18)8-7-16-5-3-2-4-6-16/h2-6,9-15,21H,1H3,(H,26,27)/t21-,23+/m0/s1. The molecular formula is C23H17FN2O2. The molecule has 5 heteroatoms. The van der Waals surface area contributed by atoms with Gasteiger partial charge in [-0.05, 0) is 48.4 Å². The lowest BCUT2D eigenvalue weighted by Gasteiger charge is -2.29. The molecule has 1 aliphatic heterocycles. The number of alkyl carbamates (subject to hydrolysis) is 1. The molecule has 2 heterocycles. The Labute approximate surface area is 162 Å². The lowest BCUT2D eigenvalue weighted by Crippen LogP contribution is -2.31. The van der Waals surface area contributed by atoms with E-state index in [-0.39, 0.29) is 5.82 Å². The highest BCUT2D eigenvalue weighted by atomic mass is 19.1. The number of hydrogen-bond donors (Lipinski definition) is 1. The molecule has 1 N–H and O–H groups in total. The Morgan fingerprint density at radius 1 is 1.04 bits per heavy atom. The van der Waals surface area contributed by atoms with Crippen molar-refractivity contribution >= 4 is 6.09 Å². The second kappa shape index (κ2) is 7.16. The quantitative estimate of drug-likeness (QED) is 0.682. The Morgan fingerprint density at radius 2 is 1.75 bits per heavy atom. The average Bonchev–Trinajstić information content (AvgIpc) is 3.03. The van der Waals surface area contributed by atoms with Crippen molar-refractivity contribution in [3.63, 3.8) is 0 Å². The first-order valence-electron chi connectivity index (χ1n) is 8.82. The van der Waals surface area contributed by atoms with E-state index in [1.807, 2.05) is 36.4 Å². The molecule has 138 valence electrons. The van der Waals surface area contributed by atoms with Gasteiger partial charge in [-0.2, -0.15) is 0 Å². The number of cyclic esters (lactones) is 1. The van der Waals surface area contributed by atoms with Crippen molar-refractivity contribution < 1.29 is 13.9 Å². The third-order valence-corrected chi connectivity index (χ3v) is 4.75. The number of amides is 1. The van der Waals surface area contributed by atoms with Gasteiger partial charge in [-0.1, -0.05) is 42.2 Å². The average molecular weight is 372 g/mol. The van der Waals surface area contributed by atoms with Crippen LogP contribution < -0.4 is 5.32 Å². The Morgan fingerprint density at radius 3 is 2.50 bits per heavy atom. The second-order valence-corrected chi connectivity index (χ2v) is 6.70. The summed E-state index contributed by atoms with van der Waals surface area (Å²) in [4.78, 5) is 16.3. The number of nitrogens with one attached hydrogen (secondary N) is 1. The van der Waals surface area contributed by atoms with Gasteiger partial charge in [0.2, 0.25) is 0 Å². The van der Waals surface area contributed by atoms with Gasteiger partial charge in [0.05, 0.1) is 0 Å². The smallest absolute Gasteiger partial charge is 0.408 e. The van der Waals surface area contributed by atoms with Crippen molar-refractivity contribution in [3.8, 4) is 11.8 Å². The van der Waals surface area contributed by atoms with E-state index in [1.54, 1.807) is 31.5 Å².